The van der Waals surface area contributed by atoms with E-state index in [0.29, 0.717) is 6.04 Å². The van der Waals surface area contributed by atoms with Crippen molar-refractivity contribution in [2.75, 3.05) is 52.9 Å². The number of nitrogens with one attached hydrogen (secondary N) is 1. The number of hydrogen-bond acceptors (Lipinski definition) is 6. The van der Waals surface area contributed by atoms with E-state index in [9.17, 15) is 0 Å². The molecule has 2 atom stereocenters. The lowest BCUT2D eigenvalue weighted by Crippen LogP contribution is -2.51. The lowest BCUT2D eigenvalue weighted by atomic mass is 10.1. The van der Waals surface area contributed by atoms with E-state index in [0.717, 1.165) is 63.6 Å². The molecule has 2 unspecified atom stereocenters. The molecule has 6 heteroatoms. The quantitative estimate of drug-likeness (QED) is 0.589. The Hall–Kier alpha value is -1.50. The van der Waals surface area contributed by atoms with Gasteiger partial charge in [-0.15, -0.1) is 0 Å². The molecule has 1 saturated heterocycles. The third-order valence-electron chi connectivity index (χ3n) is 6.05. The number of allylic oxidation sites excluding steroid dienone is 3. The third-order valence-corrected chi connectivity index (χ3v) is 6.05. The predicted molar refractivity (Wildman–Crippen MR) is 118 cm³/mol. The summed E-state index contributed by atoms with van der Waals surface area (Å²) in [6.07, 6.45) is 5.32. The highest BCUT2D eigenvalue weighted by Crippen LogP contribution is 2.26. The van der Waals surface area contributed by atoms with Gasteiger partial charge in [-0.05, 0) is 45.1 Å². The second-order valence-electron chi connectivity index (χ2n) is 7.79. The van der Waals surface area contributed by atoms with Crippen LogP contribution in [0.2, 0.25) is 0 Å². The summed E-state index contributed by atoms with van der Waals surface area (Å²) in [5.74, 6) is 0. The fourth-order valence-corrected chi connectivity index (χ4v) is 4.24. The number of hydrogen-bond donors (Lipinski definition) is 2. The van der Waals surface area contributed by atoms with Gasteiger partial charge in [-0.2, -0.15) is 0 Å². The van der Waals surface area contributed by atoms with Crippen LogP contribution in [0, 0.1) is 0 Å². The van der Waals surface area contributed by atoms with Crippen molar-refractivity contribution in [3.05, 3.63) is 34.8 Å². The molecule has 28 heavy (non-hydrogen) atoms. The van der Waals surface area contributed by atoms with Crippen LogP contribution in [0.1, 0.15) is 41.0 Å². The Labute approximate surface area is 172 Å². The van der Waals surface area contributed by atoms with Crippen LogP contribution in [0.25, 0.3) is 0 Å². The number of nitrogens with two attached hydrogens (primary N) is 1. The SMILES string of the molecule is CCN1CCN(C2=CCC(N)=C(NCC(OC)N(CC)CC)C=C2C)C(C)C1. The monoisotopic (exact) mass is 391 g/mol. The van der Waals surface area contributed by atoms with Gasteiger partial charge >= 0.3 is 0 Å². The second kappa shape index (κ2) is 10.9. The molecule has 0 amide bonds. The highest BCUT2D eigenvalue weighted by atomic mass is 16.5. The van der Waals surface area contributed by atoms with Gasteiger partial charge in [0.1, 0.15) is 6.23 Å². The van der Waals surface area contributed by atoms with E-state index in [1.165, 1.54) is 11.3 Å². The third kappa shape index (κ3) is 5.52. The van der Waals surface area contributed by atoms with Crippen LogP contribution >= 0.6 is 0 Å². The van der Waals surface area contributed by atoms with E-state index in [4.69, 9.17) is 10.5 Å². The van der Waals surface area contributed by atoms with Gasteiger partial charge in [-0.1, -0.05) is 26.8 Å². The van der Waals surface area contributed by atoms with Crippen LogP contribution in [0.15, 0.2) is 34.8 Å². The zero-order chi connectivity index (χ0) is 20.7. The van der Waals surface area contributed by atoms with E-state index < -0.39 is 0 Å². The van der Waals surface area contributed by atoms with Crippen LogP contribution in [0.3, 0.4) is 0 Å². The molecule has 0 bridgehead atoms. The van der Waals surface area contributed by atoms with E-state index in [1.54, 1.807) is 7.11 Å². The Morgan fingerprint density at radius 2 is 2.00 bits per heavy atom. The number of ether oxygens (including phenoxy) is 1. The van der Waals surface area contributed by atoms with E-state index in [1.807, 2.05) is 0 Å². The fraction of sp³-hybridized carbons (Fsp3) is 0.727. The molecule has 0 saturated carbocycles. The van der Waals surface area contributed by atoms with Crippen molar-refractivity contribution in [1.29, 1.82) is 0 Å². The van der Waals surface area contributed by atoms with Gasteiger partial charge in [0.05, 0.1) is 12.2 Å². The lowest BCUT2D eigenvalue weighted by Gasteiger charge is -2.42. The van der Waals surface area contributed by atoms with Gasteiger partial charge in [0.15, 0.2) is 0 Å². The topological polar surface area (TPSA) is 57.0 Å². The number of nitrogens with zero attached hydrogens (tertiary/aromatic N) is 3. The van der Waals surface area contributed by atoms with Gasteiger partial charge < -0.3 is 20.7 Å². The molecule has 0 aromatic carbocycles. The van der Waals surface area contributed by atoms with Gasteiger partial charge in [0.25, 0.3) is 0 Å². The van der Waals surface area contributed by atoms with Crippen LogP contribution in [0.4, 0.5) is 0 Å². The summed E-state index contributed by atoms with van der Waals surface area (Å²) in [7, 11) is 1.77. The number of piperazine rings is 1. The maximum atomic E-state index is 6.43. The van der Waals surface area contributed by atoms with Gasteiger partial charge in [-0.3, -0.25) is 9.80 Å². The van der Waals surface area contributed by atoms with Crippen molar-refractivity contribution in [3.63, 3.8) is 0 Å². The molecule has 0 radical (unpaired) electrons. The number of rotatable bonds is 9. The normalized spacial score (nSPS) is 22.8. The fourth-order valence-electron chi connectivity index (χ4n) is 4.24. The second-order valence-corrected chi connectivity index (χ2v) is 7.79. The molecule has 0 aromatic rings. The first-order valence-corrected chi connectivity index (χ1v) is 10.8. The van der Waals surface area contributed by atoms with E-state index in [-0.39, 0.29) is 6.23 Å². The number of likely N-dealkylation sites (N-methyl/N-ethyl adjacent to an activating group) is 2. The molecule has 6 nitrogen and oxygen atoms in total. The van der Waals surface area contributed by atoms with Crippen molar-refractivity contribution in [3.8, 4) is 0 Å². The highest BCUT2D eigenvalue weighted by Gasteiger charge is 2.26. The molecular weight excluding hydrogens is 350 g/mol. The summed E-state index contributed by atoms with van der Waals surface area (Å²) in [6.45, 7) is 18.2. The lowest BCUT2D eigenvalue weighted by molar-refractivity contribution is -0.0238. The molecular formula is C22H41N5O. The Morgan fingerprint density at radius 1 is 1.29 bits per heavy atom. The Balaban J connectivity index is 2.08. The van der Waals surface area contributed by atoms with Crippen molar-refractivity contribution in [2.45, 2.75) is 53.3 Å². The molecule has 1 heterocycles. The summed E-state index contributed by atoms with van der Waals surface area (Å²) in [6, 6.07) is 0.513. The maximum Gasteiger partial charge on any atom is 0.127 e. The minimum atomic E-state index is 0.0434. The van der Waals surface area contributed by atoms with Crippen LogP contribution < -0.4 is 11.1 Å². The summed E-state index contributed by atoms with van der Waals surface area (Å²) in [5.41, 5.74) is 10.9. The van der Waals surface area contributed by atoms with Crippen LogP contribution in [-0.4, -0.2) is 79.9 Å². The minimum Gasteiger partial charge on any atom is -0.400 e. The zero-order valence-corrected chi connectivity index (χ0v) is 18.8. The largest absolute Gasteiger partial charge is 0.400 e. The Bertz CT molecular complexity index is 594. The molecule has 1 aliphatic heterocycles. The standard InChI is InChI=1S/C22H41N5O/c1-7-25-12-13-27(18(5)16-25)21-11-10-19(23)20(14-17(21)4)24-15-22(28-6)26(8-2)9-3/h11,14,18,22,24H,7-10,12-13,15-16,23H2,1-6H3. The number of methoxy groups -OCH3 is 1. The van der Waals surface area contributed by atoms with Crippen molar-refractivity contribution >= 4 is 0 Å². The first-order valence-electron chi connectivity index (χ1n) is 10.8. The Morgan fingerprint density at radius 3 is 2.57 bits per heavy atom. The first-order chi connectivity index (χ1) is 13.4. The molecule has 2 rings (SSSR count). The average Bonchev–Trinajstić information content (AvgIpc) is 2.83. The molecule has 0 aromatic heterocycles. The smallest absolute Gasteiger partial charge is 0.127 e. The predicted octanol–water partition coefficient (Wildman–Crippen LogP) is 2.32. The summed E-state index contributed by atoms with van der Waals surface area (Å²) >= 11 is 0. The minimum absolute atomic E-state index is 0.0434. The zero-order valence-electron chi connectivity index (χ0n) is 18.8. The van der Waals surface area contributed by atoms with E-state index in [2.05, 4.69) is 66.8 Å². The molecule has 1 fully saturated rings. The van der Waals surface area contributed by atoms with Gasteiger partial charge in [0.2, 0.25) is 0 Å². The molecule has 0 spiro atoms. The molecule has 160 valence electrons. The first kappa shape index (κ1) is 22.8. The van der Waals surface area contributed by atoms with Crippen LogP contribution in [0.5, 0.6) is 0 Å². The molecule has 2 aliphatic rings. The van der Waals surface area contributed by atoms with E-state index >= 15 is 0 Å². The van der Waals surface area contributed by atoms with Crippen molar-refractivity contribution < 1.29 is 4.74 Å². The Kier molecular flexibility index (Phi) is 8.86. The van der Waals surface area contributed by atoms with Gasteiger partial charge in [0, 0.05) is 50.6 Å². The maximum absolute atomic E-state index is 6.43. The highest BCUT2D eigenvalue weighted by molar-refractivity contribution is 5.40. The van der Waals surface area contributed by atoms with Crippen LogP contribution in [-0.2, 0) is 4.74 Å². The molecule has 1 aliphatic carbocycles. The summed E-state index contributed by atoms with van der Waals surface area (Å²) < 4.78 is 5.68. The van der Waals surface area contributed by atoms with Crippen molar-refractivity contribution in [2.24, 2.45) is 5.73 Å². The summed E-state index contributed by atoms with van der Waals surface area (Å²) in [4.78, 5) is 7.37. The molecule has 3 N–H and O–H groups in total. The van der Waals surface area contributed by atoms with Crippen molar-refractivity contribution in [1.82, 2.24) is 20.0 Å². The summed E-state index contributed by atoms with van der Waals surface area (Å²) in [5, 5.41) is 3.54. The average molecular weight is 392 g/mol. The van der Waals surface area contributed by atoms with Gasteiger partial charge in [-0.25, -0.2) is 0 Å².